The Bertz CT molecular complexity index is 898. The normalized spacial score (nSPS) is 11.9. The number of hydrogen-bond acceptors (Lipinski definition) is 4. The number of sulfonamides is 1. The van der Waals surface area contributed by atoms with Crippen LogP contribution in [0.3, 0.4) is 0 Å². The summed E-state index contributed by atoms with van der Waals surface area (Å²) in [5, 5.41) is 2.47. The number of benzene rings is 2. The average Bonchev–Trinajstić information content (AvgIpc) is 2.60. The summed E-state index contributed by atoms with van der Waals surface area (Å²) in [6.07, 6.45) is -4.64. The van der Waals surface area contributed by atoms with E-state index in [1.54, 1.807) is 0 Å². The molecule has 0 spiro atoms. The van der Waals surface area contributed by atoms with Gasteiger partial charge in [-0.3, -0.25) is 4.79 Å². The van der Waals surface area contributed by atoms with E-state index in [0.717, 1.165) is 36.4 Å². The predicted octanol–water partition coefficient (Wildman–Crippen LogP) is 3.42. The fraction of sp³-hybridized carbons (Fsp3) is 0.235. The van der Waals surface area contributed by atoms with E-state index in [4.69, 9.17) is 0 Å². The van der Waals surface area contributed by atoms with E-state index in [9.17, 15) is 30.8 Å². The van der Waals surface area contributed by atoms with Gasteiger partial charge in [0.2, 0.25) is 15.9 Å². The number of ether oxygens (including phenoxy) is 1. The molecule has 0 aliphatic carbocycles. The number of amides is 1. The molecule has 0 fully saturated rings. The molecule has 6 nitrogen and oxygen atoms in total. The van der Waals surface area contributed by atoms with E-state index in [0.29, 0.717) is 0 Å². The summed E-state index contributed by atoms with van der Waals surface area (Å²) in [6.45, 7) is -0.0223. The highest BCUT2D eigenvalue weighted by molar-refractivity contribution is 7.89. The van der Waals surface area contributed by atoms with Crippen molar-refractivity contribution in [3.8, 4) is 5.75 Å². The van der Waals surface area contributed by atoms with Gasteiger partial charge < -0.3 is 10.1 Å². The summed E-state index contributed by atoms with van der Waals surface area (Å²) in [5.41, 5.74) is 0.270. The highest BCUT2D eigenvalue weighted by Crippen LogP contribution is 2.24. The topological polar surface area (TPSA) is 84.5 Å². The fourth-order valence-electron chi connectivity index (χ4n) is 2.12. The van der Waals surface area contributed by atoms with E-state index in [1.807, 2.05) is 0 Å². The minimum absolute atomic E-state index is 0.0211. The SMILES string of the molecule is O=C(CCCNS(=O)(=O)c1ccc(F)cc1)Nc1ccc(OC(F)(F)F)cc1. The number of hydrogen-bond donors (Lipinski definition) is 2. The number of carbonyl (C=O) groups excluding carboxylic acids is 1. The van der Waals surface area contributed by atoms with Gasteiger partial charge in [0.1, 0.15) is 11.6 Å². The summed E-state index contributed by atoms with van der Waals surface area (Å²) in [5.74, 6) is -1.42. The molecule has 152 valence electrons. The van der Waals surface area contributed by atoms with Crippen LogP contribution in [0.1, 0.15) is 12.8 Å². The summed E-state index contributed by atoms with van der Waals surface area (Å²) in [6, 6.07) is 8.89. The van der Waals surface area contributed by atoms with Gasteiger partial charge >= 0.3 is 6.36 Å². The molecule has 2 aromatic carbocycles. The van der Waals surface area contributed by atoms with Gasteiger partial charge in [-0.25, -0.2) is 17.5 Å². The second-order valence-corrected chi connectivity index (χ2v) is 7.34. The van der Waals surface area contributed by atoms with Gasteiger partial charge in [0.05, 0.1) is 4.90 Å². The molecule has 0 bridgehead atoms. The first-order valence-electron chi connectivity index (χ1n) is 7.96. The molecule has 0 radical (unpaired) electrons. The Hall–Kier alpha value is -2.66. The van der Waals surface area contributed by atoms with Crippen LogP contribution in [0, 0.1) is 5.82 Å². The molecule has 11 heteroatoms. The molecule has 28 heavy (non-hydrogen) atoms. The van der Waals surface area contributed by atoms with Crippen LogP contribution in [0.2, 0.25) is 0 Å². The van der Waals surface area contributed by atoms with Crippen molar-refractivity contribution in [3.63, 3.8) is 0 Å². The van der Waals surface area contributed by atoms with Crippen LogP contribution in [0.15, 0.2) is 53.4 Å². The first kappa shape index (κ1) is 21.6. The predicted molar refractivity (Wildman–Crippen MR) is 92.6 cm³/mol. The van der Waals surface area contributed by atoms with Gasteiger partial charge in [0, 0.05) is 18.7 Å². The van der Waals surface area contributed by atoms with Crippen LogP contribution in [-0.4, -0.2) is 27.2 Å². The maximum Gasteiger partial charge on any atom is 0.573 e. The first-order valence-corrected chi connectivity index (χ1v) is 9.44. The lowest BCUT2D eigenvalue weighted by Crippen LogP contribution is -2.25. The minimum Gasteiger partial charge on any atom is -0.406 e. The number of carbonyl (C=O) groups is 1. The third-order valence-electron chi connectivity index (χ3n) is 3.37. The van der Waals surface area contributed by atoms with Crippen molar-refractivity contribution in [2.24, 2.45) is 0 Å². The van der Waals surface area contributed by atoms with Crippen LogP contribution in [0.5, 0.6) is 5.75 Å². The number of halogens is 4. The standard InChI is InChI=1S/C17H16F4N2O4S/c18-12-3-9-15(10-4-12)28(25,26)22-11-1-2-16(24)23-13-5-7-14(8-6-13)27-17(19,20)21/h3-10,22H,1-2,11H2,(H,23,24). The van der Waals surface area contributed by atoms with Crippen molar-refractivity contribution in [1.82, 2.24) is 4.72 Å². The number of anilines is 1. The molecule has 0 aliphatic heterocycles. The third-order valence-corrected chi connectivity index (χ3v) is 4.85. The molecule has 2 aromatic rings. The van der Waals surface area contributed by atoms with E-state index in [-0.39, 0.29) is 30.0 Å². The smallest absolute Gasteiger partial charge is 0.406 e. The molecule has 0 aliphatic rings. The Morgan fingerprint density at radius 1 is 1.00 bits per heavy atom. The Labute approximate surface area is 158 Å². The van der Waals surface area contributed by atoms with Gasteiger partial charge in [0.15, 0.2) is 0 Å². The largest absolute Gasteiger partial charge is 0.573 e. The molecule has 0 saturated carbocycles. The van der Waals surface area contributed by atoms with Gasteiger partial charge in [-0.2, -0.15) is 0 Å². The highest BCUT2D eigenvalue weighted by atomic mass is 32.2. The summed E-state index contributed by atoms with van der Waals surface area (Å²) >= 11 is 0. The fourth-order valence-corrected chi connectivity index (χ4v) is 3.19. The van der Waals surface area contributed by atoms with Crippen LogP contribution in [-0.2, 0) is 14.8 Å². The molecule has 2 N–H and O–H groups in total. The molecule has 0 atom stereocenters. The van der Waals surface area contributed by atoms with Crippen molar-refractivity contribution < 1.29 is 35.5 Å². The quantitative estimate of drug-likeness (QED) is 0.506. The van der Waals surface area contributed by atoms with Crippen molar-refractivity contribution in [1.29, 1.82) is 0 Å². The summed E-state index contributed by atoms with van der Waals surface area (Å²) in [4.78, 5) is 11.7. The molecule has 0 saturated heterocycles. The molecule has 0 heterocycles. The van der Waals surface area contributed by atoms with Crippen LogP contribution < -0.4 is 14.8 Å². The Morgan fingerprint density at radius 2 is 1.61 bits per heavy atom. The van der Waals surface area contributed by atoms with Crippen LogP contribution in [0.4, 0.5) is 23.2 Å². The number of nitrogens with one attached hydrogen (secondary N) is 2. The lowest BCUT2D eigenvalue weighted by molar-refractivity contribution is -0.274. The van der Waals surface area contributed by atoms with E-state index in [2.05, 4.69) is 14.8 Å². The summed E-state index contributed by atoms with van der Waals surface area (Å²) < 4.78 is 79.0. The van der Waals surface area contributed by atoms with Crippen molar-refractivity contribution >= 4 is 21.6 Å². The van der Waals surface area contributed by atoms with E-state index in [1.165, 1.54) is 12.1 Å². The molecule has 2 rings (SSSR count). The van der Waals surface area contributed by atoms with Gasteiger partial charge in [0.25, 0.3) is 0 Å². The molecular formula is C17H16F4N2O4S. The Balaban J connectivity index is 1.76. The molecular weight excluding hydrogens is 404 g/mol. The first-order chi connectivity index (χ1) is 13.0. The monoisotopic (exact) mass is 420 g/mol. The van der Waals surface area contributed by atoms with Crippen molar-refractivity contribution in [2.75, 3.05) is 11.9 Å². The molecule has 0 unspecified atom stereocenters. The van der Waals surface area contributed by atoms with Gasteiger partial charge in [-0.1, -0.05) is 0 Å². The van der Waals surface area contributed by atoms with E-state index < -0.39 is 33.9 Å². The van der Waals surface area contributed by atoms with Gasteiger partial charge in [-0.15, -0.1) is 13.2 Å². The maximum atomic E-state index is 12.8. The van der Waals surface area contributed by atoms with Crippen molar-refractivity contribution in [3.05, 3.63) is 54.3 Å². The lowest BCUT2D eigenvalue weighted by atomic mass is 10.2. The summed E-state index contributed by atoms with van der Waals surface area (Å²) in [7, 11) is -3.81. The Morgan fingerprint density at radius 3 is 2.18 bits per heavy atom. The highest BCUT2D eigenvalue weighted by Gasteiger charge is 2.30. The van der Waals surface area contributed by atoms with E-state index >= 15 is 0 Å². The zero-order valence-corrected chi connectivity index (χ0v) is 15.1. The maximum absolute atomic E-state index is 12.8. The van der Waals surface area contributed by atoms with Crippen LogP contribution >= 0.6 is 0 Å². The average molecular weight is 420 g/mol. The van der Waals surface area contributed by atoms with Crippen LogP contribution in [0.25, 0.3) is 0 Å². The molecule has 1 amide bonds. The molecule has 0 aromatic heterocycles. The zero-order valence-electron chi connectivity index (χ0n) is 14.3. The lowest BCUT2D eigenvalue weighted by Gasteiger charge is -2.10. The van der Waals surface area contributed by atoms with Crippen molar-refractivity contribution in [2.45, 2.75) is 24.1 Å². The second-order valence-electron chi connectivity index (χ2n) is 5.58. The van der Waals surface area contributed by atoms with Gasteiger partial charge in [-0.05, 0) is 55.0 Å². The third kappa shape index (κ3) is 7.16. The second kappa shape index (κ2) is 9.02. The minimum atomic E-state index is -4.80. The Kier molecular flexibility index (Phi) is 6.97. The zero-order chi connectivity index (χ0) is 20.8. The number of alkyl halides is 3. The number of rotatable bonds is 8.